The van der Waals surface area contributed by atoms with Crippen molar-refractivity contribution in [1.29, 1.82) is 0 Å². The number of ether oxygens (including phenoxy) is 2. The summed E-state index contributed by atoms with van der Waals surface area (Å²) in [7, 11) is 1.63. The Balaban J connectivity index is 1.87. The highest BCUT2D eigenvalue weighted by Gasteiger charge is 2.17. The number of hydrogen-bond donors (Lipinski definition) is 0. The molecule has 1 aromatic heterocycles. The number of hydrogen-bond acceptors (Lipinski definition) is 4. The van der Waals surface area contributed by atoms with Gasteiger partial charge in [-0.1, -0.05) is 36.4 Å². The lowest BCUT2D eigenvalue weighted by molar-refractivity contribution is 0.287. The van der Waals surface area contributed by atoms with Crippen LogP contribution in [-0.2, 0) is 13.0 Å². The van der Waals surface area contributed by atoms with E-state index in [1.165, 1.54) is 0 Å². The molecule has 120 valence electrons. The summed E-state index contributed by atoms with van der Waals surface area (Å²) in [6, 6.07) is 13.4. The first kappa shape index (κ1) is 14.6. The molecular formula is C20H16O4. The number of rotatable bonds is 1. The fraction of sp³-hybridized carbons (Fsp3) is 0.150. The molecule has 0 radical (unpaired) electrons. The largest absolute Gasteiger partial charge is 0.497 e. The first-order valence-electron chi connectivity index (χ1n) is 7.77. The van der Waals surface area contributed by atoms with Crippen LogP contribution in [0.3, 0.4) is 0 Å². The first-order valence-corrected chi connectivity index (χ1v) is 7.77. The van der Waals surface area contributed by atoms with E-state index in [1.54, 1.807) is 13.2 Å². The van der Waals surface area contributed by atoms with Crippen LogP contribution in [0.25, 0.3) is 17.0 Å². The Labute approximate surface area is 138 Å². The van der Waals surface area contributed by atoms with Crippen molar-refractivity contribution < 1.29 is 13.9 Å². The molecule has 0 aliphatic carbocycles. The van der Waals surface area contributed by atoms with Gasteiger partial charge in [-0.2, -0.15) is 0 Å². The van der Waals surface area contributed by atoms with E-state index < -0.39 is 5.63 Å². The zero-order valence-corrected chi connectivity index (χ0v) is 13.2. The molecular weight excluding hydrogens is 304 g/mol. The van der Waals surface area contributed by atoms with E-state index in [9.17, 15) is 4.79 Å². The van der Waals surface area contributed by atoms with Gasteiger partial charge in [0.2, 0.25) is 5.75 Å². The second-order valence-corrected chi connectivity index (χ2v) is 5.65. The molecule has 3 aromatic rings. The summed E-state index contributed by atoms with van der Waals surface area (Å²) in [5.74, 6) is 1.05. The molecule has 0 saturated carbocycles. The van der Waals surface area contributed by atoms with Crippen molar-refractivity contribution in [2.75, 3.05) is 7.11 Å². The Bertz CT molecular complexity index is 998. The number of allylic oxidation sites excluding steroid dienone is 1. The van der Waals surface area contributed by atoms with Crippen molar-refractivity contribution in [1.82, 2.24) is 0 Å². The highest BCUT2D eigenvalue weighted by Crippen LogP contribution is 2.29. The van der Waals surface area contributed by atoms with Gasteiger partial charge in [0.25, 0.3) is 0 Å². The van der Waals surface area contributed by atoms with Gasteiger partial charge in [0.1, 0.15) is 17.9 Å². The van der Waals surface area contributed by atoms with E-state index in [0.717, 1.165) is 27.8 Å². The molecule has 1 aliphatic heterocycles. The molecule has 4 rings (SSSR count). The molecule has 2 heterocycles. The average molecular weight is 320 g/mol. The summed E-state index contributed by atoms with van der Waals surface area (Å²) in [5.41, 5.74) is 3.02. The minimum Gasteiger partial charge on any atom is -0.497 e. The topological polar surface area (TPSA) is 48.7 Å². The Hall–Kier alpha value is -3.01. The lowest BCUT2D eigenvalue weighted by Gasteiger charge is -2.12. The standard InChI is InChI=1S/C20H16O4/c1-22-15-10-9-13-5-4-7-17-16-6-2-3-8-18(16)24-20(21)19(17)23-12-14(13)11-15/h2-6,8-11H,7,12H2,1H3/b5-4-. The molecule has 0 unspecified atom stereocenters. The van der Waals surface area contributed by atoms with Crippen LogP contribution in [0.15, 0.2) is 57.8 Å². The highest BCUT2D eigenvalue weighted by molar-refractivity contribution is 5.82. The predicted octanol–water partition coefficient (Wildman–Crippen LogP) is 3.95. The lowest BCUT2D eigenvalue weighted by atomic mass is 10.0. The van der Waals surface area contributed by atoms with Crippen molar-refractivity contribution in [2.24, 2.45) is 0 Å². The molecule has 0 atom stereocenters. The van der Waals surface area contributed by atoms with Crippen LogP contribution in [-0.4, -0.2) is 7.11 Å². The molecule has 0 amide bonds. The summed E-state index contributed by atoms with van der Waals surface area (Å²) >= 11 is 0. The molecule has 4 nitrogen and oxygen atoms in total. The van der Waals surface area contributed by atoms with E-state index in [2.05, 4.69) is 6.08 Å². The summed E-state index contributed by atoms with van der Waals surface area (Å²) in [6.07, 6.45) is 4.70. The molecule has 24 heavy (non-hydrogen) atoms. The second kappa shape index (κ2) is 5.89. The Morgan fingerprint density at radius 1 is 1.12 bits per heavy atom. The van der Waals surface area contributed by atoms with Crippen LogP contribution in [0.5, 0.6) is 11.5 Å². The fourth-order valence-electron chi connectivity index (χ4n) is 3.00. The van der Waals surface area contributed by atoms with Crippen LogP contribution >= 0.6 is 0 Å². The smallest absolute Gasteiger partial charge is 0.379 e. The molecule has 0 N–H and O–H groups in total. The van der Waals surface area contributed by atoms with Gasteiger partial charge in [0, 0.05) is 16.5 Å². The fourth-order valence-corrected chi connectivity index (χ4v) is 3.00. The SMILES string of the molecule is COc1ccc2c(c1)COc1c(c3ccccc3oc1=O)C/C=C\2. The Morgan fingerprint density at radius 3 is 2.88 bits per heavy atom. The third kappa shape index (κ3) is 2.46. The van der Waals surface area contributed by atoms with E-state index in [-0.39, 0.29) is 12.4 Å². The van der Waals surface area contributed by atoms with Crippen LogP contribution in [0.2, 0.25) is 0 Å². The minimum atomic E-state index is -0.441. The maximum absolute atomic E-state index is 12.3. The van der Waals surface area contributed by atoms with Crippen molar-refractivity contribution in [3.8, 4) is 11.5 Å². The normalized spacial score (nSPS) is 14.5. The van der Waals surface area contributed by atoms with E-state index in [0.29, 0.717) is 12.0 Å². The average Bonchev–Trinajstić information content (AvgIpc) is 2.70. The molecule has 2 aromatic carbocycles. The Kier molecular flexibility index (Phi) is 3.58. The maximum Gasteiger partial charge on any atom is 0.379 e. The number of para-hydroxylation sites is 1. The Morgan fingerprint density at radius 2 is 2.00 bits per heavy atom. The maximum atomic E-state index is 12.3. The third-order valence-electron chi connectivity index (χ3n) is 4.22. The minimum absolute atomic E-state index is 0.285. The van der Waals surface area contributed by atoms with E-state index in [1.807, 2.05) is 42.5 Å². The first-order chi connectivity index (χ1) is 11.8. The molecule has 0 bridgehead atoms. The van der Waals surface area contributed by atoms with E-state index >= 15 is 0 Å². The molecule has 0 fully saturated rings. The summed E-state index contributed by atoms with van der Waals surface area (Å²) in [4.78, 5) is 12.3. The van der Waals surface area contributed by atoms with Crippen LogP contribution < -0.4 is 15.1 Å². The van der Waals surface area contributed by atoms with Crippen LogP contribution in [0.4, 0.5) is 0 Å². The summed E-state index contributed by atoms with van der Waals surface area (Å²) in [6.45, 7) is 0.285. The zero-order valence-electron chi connectivity index (χ0n) is 13.2. The summed E-state index contributed by atoms with van der Waals surface area (Å²) in [5, 5.41) is 0.903. The van der Waals surface area contributed by atoms with E-state index in [4.69, 9.17) is 13.9 Å². The van der Waals surface area contributed by atoms with Crippen molar-refractivity contribution in [2.45, 2.75) is 13.0 Å². The highest BCUT2D eigenvalue weighted by atomic mass is 16.5. The second-order valence-electron chi connectivity index (χ2n) is 5.65. The lowest BCUT2D eigenvalue weighted by Crippen LogP contribution is -2.10. The van der Waals surface area contributed by atoms with Crippen molar-refractivity contribution in [3.63, 3.8) is 0 Å². The van der Waals surface area contributed by atoms with Crippen molar-refractivity contribution >= 4 is 17.0 Å². The molecule has 4 heteroatoms. The van der Waals surface area contributed by atoms with Gasteiger partial charge in [-0.3, -0.25) is 0 Å². The third-order valence-corrected chi connectivity index (χ3v) is 4.22. The van der Waals surface area contributed by atoms with Crippen LogP contribution in [0.1, 0.15) is 16.7 Å². The summed E-state index contributed by atoms with van der Waals surface area (Å²) < 4.78 is 16.5. The zero-order chi connectivity index (χ0) is 16.5. The molecule has 0 saturated heterocycles. The molecule has 0 spiro atoms. The molecule has 1 aliphatic rings. The number of methoxy groups -OCH3 is 1. The van der Waals surface area contributed by atoms with Gasteiger partial charge >= 0.3 is 5.63 Å². The van der Waals surface area contributed by atoms with Gasteiger partial charge in [0.05, 0.1) is 7.11 Å². The quantitative estimate of drug-likeness (QED) is 0.637. The predicted molar refractivity (Wildman–Crippen MR) is 92.5 cm³/mol. The number of fused-ring (bicyclic) bond motifs is 4. The monoisotopic (exact) mass is 320 g/mol. The van der Waals surface area contributed by atoms with Crippen LogP contribution in [0, 0.1) is 0 Å². The van der Waals surface area contributed by atoms with Crippen molar-refractivity contribution in [3.05, 3.63) is 75.7 Å². The van der Waals surface area contributed by atoms with Gasteiger partial charge in [-0.25, -0.2) is 4.79 Å². The van der Waals surface area contributed by atoms with Gasteiger partial charge in [-0.05, 0) is 30.2 Å². The van der Waals surface area contributed by atoms with Gasteiger partial charge < -0.3 is 13.9 Å². The van der Waals surface area contributed by atoms with Gasteiger partial charge in [0.15, 0.2) is 0 Å². The van der Waals surface area contributed by atoms with Gasteiger partial charge in [-0.15, -0.1) is 0 Å². The number of benzene rings is 2.